The molecule has 1 aliphatic carbocycles. The topological polar surface area (TPSA) is 66.0 Å². The molecular weight excluding hydrogens is 324 g/mol. The molecule has 3 aromatic rings. The van der Waals surface area contributed by atoms with E-state index in [2.05, 4.69) is 16.0 Å². The third-order valence-electron chi connectivity index (χ3n) is 4.55. The first-order valence-electron chi connectivity index (χ1n) is 8.65. The highest BCUT2D eigenvalue weighted by atomic mass is 16.5. The van der Waals surface area contributed by atoms with Gasteiger partial charge in [0.1, 0.15) is 5.75 Å². The Morgan fingerprint density at radius 2 is 2.12 bits per heavy atom. The third-order valence-corrected chi connectivity index (χ3v) is 4.55. The first kappa shape index (κ1) is 16.4. The highest BCUT2D eigenvalue weighted by Crippen LogP contribution is 2.41. The molecule has 0 unspecified atom stereocenters. The minimum Gasteiger partial charge on any atom is -0.439 e. The van der Waals surface area contributed by atoms with Gasteiger partial charge in [-0.05, 0) is 42.7 Å². The number of benzene rings is 1. The van der Waals surface area contributed by atoms with Crippen molar-refractivity contribution in [2.45, 2.75) is 25.3 Å². The summed E-state index contributed by atoms with van der Waals surface area (Å²) in [6.45, 7) is 0.464. The van der Waals surface area contributed by atoms with E-state index in [9.17, 15) is 0 Å². The molecule has 4 rings (SSSR count). The smallest absolute Gasteiger partial charge is 0.217 e. The van der Waals surface area contributed by atoms with Gasteiger partial charge < -0.3 is 10.5 Å². The minimum absolute atomic E-state index is 0.464. The van der Waals surface area contributed by atoms with E-state index in [4.69, 9.17) is 16.9 Å². The van der Waals surface area contributed by atoms with Gasteiger partial charge in [-0.2, -0.15) is 5.10 Å². The van der Waals surface area contributed by atoms with Crippen LogP contribution in [0, 0.1) is 12.3 Å². The van der Waals surface area contributed by atoms with Crippen LogP contribution in [0.2, 0.25) is 0 Å². The zero-order chi connectivity index (χ0) is 18.1. The molecule has 0 bridgehead atoms. The third kappa shape index (κ3) is 3.19. The first-order chi connectivity index (χ1) is 12.7. The summed E-state index contributed by atoms with van der Waals surface area (Å²) >= 11 is 0. The Kier molecular flexibility index (Phi) is 4.19. The predicted octanol–water partition coefficient (Wildman–Crippen LogP) is 3.59. The lowest BCUT2D eigenvalue weighted by molar-refractivity contribution is 0.432. The fourth-order valence-electron chi connectivity index (χ4n) is 2.87. The molecule has 1 fully saturated rings. The number of terminal acetylenes is 1. The van der Waals surface area contributed by atoms with Crippen LogP contribution >= 0.6 is 0 Å². The number of aromatic nitrogens is 3. The molecule has 130 valence electrons. The Morgan fingerprint density at radius 1 is 1.27 bits per heavy atom. The Hall–Kier alpha value is -3.10. The van der Waals surface area contributed by atoms with Crippen molar-refractivity contribution in [2.75, 3.05) is 0 Å². The van der Waals surface area contributed by atoms with Crippen LogP contribution < -0.4 is 10.5 Å². The number of pyridine rings is 1. The lowest BCUT2D eigenvalue weighted by Crippen LogP contribution is -1.99. The minimum atomic E-state index is 0.464. The molecule has 26 heavy (non-hydrogen) atoms. The fourth-order valence-corrected chi connectivity index (χ4v) is 2.87. The number of aryl methyl sites for hydroxylation is 1. The van der Waals surface area contributed by atoms with E-state index in [1.54, 1.807) is 10.9 Å². The zero-order valence-corrected chi connectivity index (χ0v) is 14.6. The Labute approximate surface area is 152 Å². The van der Waals surface area contributed by atoms with Gasteiger partial charge in [0.2, 0.25) is 5.88 Å². The Bertz CT molecular complexity index is 978. The summed E-state index contributed by atoms with van der Waals surface area (Å²) in [6, 6.07) is 11.6. The van der Waals surface area contributed by atoms with Crippen LogP contribution in [0.25, 0.3) is 11.3 Å². The standard InChI is InChI=1S/C21H20N4O/c1-3-14-4-8-17(18-9-5-15(12-22)13-23-18)20(10-14)26-21-11-19(16-6-7-16)24-25(21)2/h1,4-5,8-11,13,16H,6-7,12,22H2,2H3. The average Bonchev–Trinajstić information content (AvgIpc) is 3.46. The molecule has 0 amide bonds. The second kappa shape index (κ2) is 6.66. The van der Waals surface area contributed by atoms with Gasteiger partial charge in [0.25, 0.3) is 0 Å². The van der Waals surface area contributed by atoms with Crippen molar-refractivity contribution in [1.82, 2.24) is 14.8 Å². The highest BCUT2D eigenvalue weighted by Gasteiger charge is 2.27. The molecule has 2 aromatic heterocycles. The summed E-state index contributed by atoms with van der Waals surface area (Å²) in [5.41, 5.74) is 10.2. The second-order valence-electron chi connectivity index (χ2n) is 6.52. The van der Waals surface area contributed by atoms with Crippen molar-refractivity contribution in [1.29, 1.82) is 0 Å². The van der Waals surface area contributed by atoms with Crippen LogP contribution in [-0.2, 0) is 13.6 Å². The lowest BCUT2D eigenvalue weighted by atomic mass is 10.1. The predicted molar refractivity (Wildman–Crippen MR) is 101 cm³/mol. The molecule has 0 aliphatic heterocycles. The molecule has 5 heteroatoms. The van der Waals surface area contributed by atoms with Gasteiger partial charge in [-0.15, -0.1) is 6.42 Å². The molecule has 5 nitrogen and oxygen atoms in total. The van der Waals surface area contributed by atoms with Crippen LogP contribution in [0.4, 0.5) is 0 Å². The van der Waals surface area contributed by atoms with Gasteiger partial charge >= 0.3 is 0 Å². The summed E-state index contributed by atoms with van der Waals surface area (Å²) in [5, 5.41) is 4.56. The molecule has 2 N–H and O–H groups in total. The van der Waals surface area contributed by atoms with Crippen molar-refractivity contribution in [3.05, 3.63) is 59.4 Å². The quantitative estimate of drug-likeness (QED) is 0.718. The largest absolute Gasteiger partial charge is 0.439 e. The molecule has 0 atom stereocenters. The number of nitrogens with two attached hydrogens (primary N) is 1. The van der Waals surface area contributed by atoms with Crippen LogP contribution in [0.5, 0.6) is 11.6 Å². The Balaban J connectivity index is 1.72. The van der Waals surface area contributed by atoms with E-state index < -0.39 is 0 Å². The summed E-state index contributed by atoms with van der Waals surface area (Å²) < 4.78 is 7.96. The van der Waals surface area contributed by atoms with Crippen LogP contribution in [0.1, 0.15) is 35.6 Å². The number of hydrogen-bond donors (Lipinski definition) is 1. The van der Waals surface area contributed by atoms with Gasteiger partial charge in [-0.1, -0.05) is 12.0 Å². The second-order valence-corrected chi connectivity index (χ2v) is 6.52. The van der Waals surface area contributed by atoms with Gasteiger partial charge in [-0.3, -0.25) is 4.98 Å². The summed E-state index contributed by atoms with van der Waals surface area (Å²) in [4.78, 5) is 4.51. The van der Waals surface area contributed by atoms with E-state index in [1.165, 1.54) is 12.8 Å². The molecule has 0 saturated heterocycles. The van der Waals surface area contributed by atoms with Crippen molar-refractivity contribution >= 4 is 0 Å². The molecule has 1 aliphatic rings. The van der Waals surface area contributed by atoms with E-state index in [-0.39, 0.29) is 0 Å². The van der Waals surface area contributed by atoms with Gasteiger partial charge in [0, 0.05) is 42.9 Å². The van der Waals surface area contributed by atoms with Gasteiger partial charge in [0.05, 0.1) is 11.4 Å². The molecular formula is C21H20N4O. The van der Waals surface area contributed by atoms with E-state index >= 15 is 0 Å². The van der Waals surface area contributed by atoms with Crippen LogP contribution in [-0.4, -0.2) is 14.8 Å². The van der Waals surface area contributed by atoms with Crippen molar-refractivity contribution in [3.8, 4) is 35.2 Å². The van der Waals surface area contributed by atoms with Crippen LogP contribution in [0.3, 0.4) is 0 Å². The number of rotatable bonds is 5. The monoisotopic (exact) mass is 344 g/mol. The van der Waals surface area contributed by atoms with E-state index in [0.29, 0.717) is 24.1 Å². The normalized spacial score (nSPS) is 13.4. The molecule has 1 saturated carbocycles. The van der Waals surface area contributed by atoms with Gasteiger partial charge in [0.15, 0.2) is 0 Å². The van der Waals surface area contributed by atoms with Crippen molar-refractivity contribution in [2.24, 2.45) is 12.8 Å². The van der Waals surface area contributed by atoms with Gasteiger partial charge in [-0.25, -0.2) is 4.68 Å². The fraction of sp³-hybridized carbons (Fsp3) is 0.238. The van der Waals surface area contributed by atoms with E-state index in [1.807, 2.05) is 43.4 Å². The maximum absolute atomic E-state index is 6.19. The first-order valence-corrected chi connectivity index (χ1v) is 8.65. The maximum atomic E-state index is 6.19. The number of ether oxygens (including phenoxy) is 1. The molecule has 2 heterocycles. The summed E-state index contributed by atoms with van der Waals surface area (Å²) in [6.07, 6.45) is 9.75. The summed E-state index contributed by atoms with van der Waals surface area (Å²) in [7, 11) is 1.89. The molecule has 1 aromatic carbocycles. The van der Waals surface area contributed by atoms with Crippen LogP contribution in [0.15, 0.2) is 42.6 Å². The highest BCUT2D eigenvalue weighted by molar-refractivity contribution is 5.69. The average molecular weight is 344 g/mol. The molecule has 0 radical (unpaired) electrons. The van der Waals surface area contributed by atoms with E-state index in [0.717, 1.165) is 28.1 Å². The zero-order valence-electron chi connectivity index (χ0n) is 14.6. The SMILES string of the molecule is C#Cc1ccc(-c2ccc(CN)cn2)c(Oc2cc(C3CC3)nn2C)c1. The lowest BCUT2D eigenvalue weighted by Gasteiger charge is -2.12. The Morgan fingerprint density at radius 3 is 2.77 bits per heavy atom. The van der Waals surface area contributed by atoms with Crippen molar-refractivity contribution in [3.63, 3.8) is 0 Å². The number of nitrogens with zero attached hydrogens (tertiary/aromatic N) is 3. The maximum Gasteiger partial charge on any atom is 0.217 e. The number of hydrogen-bond acceptors (Lipinski definition) is 4. The molecule has 0 spiro atoms. The van der Waals surface area contributed by atoms with Crippen molar-refractivity contribution < 1.29 is 4.74 Å². The summed E-state index contributed by atoms with van der Waals surface area (Å²) in [5.74, 6) is 4.59.